The minimum atomic E-state index is -0.207. The minimum Gasteiger partial charge on any atom is -0.497 e. The van der Waals surface area contributed by atoms with Crippen LogP contribution < -0.4 is 10.1 Å². The molecule has 198 valence electrons. The van der Waals surface area contributed by atoms with Crippen molar-refractivity contribution in [2.45, 2.75) is 70.0 Å². The zero-order chi connectivity index (χ0) is 25.6. The molecule has 0 spiro atoms. The molecule has 5 aliphatic rings. The van der Waals surface area contributed by atoms with Crippen molar-refractivity contribution < 1.29 is 14.3 Å². The third kappa shape index (κ3) is 4.62. The molecule has 1 aromatic carbocycles. The predicted octanol–water partition coefficient (Wildman–Crippen LogP) is 4.82. The lowest BCUT2D eigenvalue weighted by molar-refractivity contribution is -0.134. The first kappa shape index (κ1) is 24.4. The van der Waals surface area contributed by atoms with Gasteiger partial charge in [-0.05, 0) is 92.5 Å². The van der Waals surface area contributed by atoms with Crippen LogP contribution in [0.25, 0.3) is 0 Å². The number of urea groups is 1. The van der Waals surface area contributed by atoms with E-state index in [0.717, 1.165) is 67.0 Å². The predicted molar refractivity (Wildman–Crippen MR) is 142 cm³/mol. The number of methoxy groups -OCH3 is 1. The van der Waals surface area contributed by atoms with E-state index in [1.165, 1.54) is 19.3 Å². The second kappa shape index (κ2) is 9.73. The van der Waals surface area contributed by atoms with Gasteiger partial charge in [-0.1, -0.05) is 19.1 Å². The molecule has 37 heavy (non-hydrogen) atoms. The smallest absolute Gasteiger partial charge is 0.318 e. The van der Waals surface area contributed by atoms with Gasteiger partial charge in [-0.3, -0.25) is 4.79 Å². The highest BCUT2D eigenvalue weighted by Crippen LogP contribution is 2.55. The van der Waals surface area contributed by atoms with Gasteiger partial charge in [0.2, 0.25) is 5.91 Å². The third-order valence-electron chi connectivity index (χ3n) is 9.29. The molecule has 0 unspecified atom stereocenters. The van der Waals surface area contributed by atoms with Crippen molar-refractivity contribution in [2.24, 2.45) is 17.8 Å². The van der Waals surface area contributed by atoms with E-state index in [9.17, 15) is 9.59 Å². The normalized spacial score (nSPS) is 29.6. The third-order valence-corrected chi connectivity index (χ3v) is 9.29. The average molecular weight is 505 g/mol. The molecule has 7 heteroatoms. The van der Waals surface area contributed by atoms with Gasteiger partial charge in [0, 0.05) is 37.1 Å². The van der Waals surface area contributed by atoms with Gasteiger partial charge in [0.05, 0.1) is 13.2 Å². The van der Waals surface area contributed by atoms with Gasteiger partial charge in [0.15, 0.2) is 0 Å². The lowest BCUT2D eigenvalue weighted by Crippen LogP contribution is -2.62. The molecule has 1 N–H and O–H groups in total. The summed E-state index contributed by atoms with van der Waals surface area (Å²) in [5, 5.41) is 3.48. The Kier molecular flexibility index (Phi) is 6.41. The largest absolute Gasteiger partial charge is 0.497 e. The quantitative estimate of drug-likeness (QED) is 0.588. The fourth-order valence-electron chi connectivity index (χ4n) is 8.16. The Morgan fingerprint density at radius 3 is 2.46 bits per heavy atom. The van der Waals surface area contributed by atoms with Crippen molar-refractivity contribution in [3.63, 3.8) is 0 Å². The van der Waals surface area contributed by atoms with Crippen molar-refractivity contribution in [2.75, 3.05) is 26.7 Å². The molecule has 4 bridgehead atoms. The van der Waals surface area contributed by atoms with Gasteiger partial charge in [0.1, 0.15) is 12.3 Å². The van der Waals surface area contributed by atoms with E-state index < -0.39 is 0 Å². The zero-order valence-electron chi connectivity index (χ0n) is 22.2. The number of ether oxygens (including phenoxy) is 1. The summed E-state index contributed by atoms with van der Waals surface area (Å²) in [7, 11) is 1.66. The molecule has 1 atom stereocenters. The Labute approximate surface area is 220 Å². The highest BCUT2D eigenvalue weighted by Gasteiger charge is 2.52. The number of carbonyl (C=O) groups is 2. The monoisotopic (exact) mass is 504 g/mol. The first-order valence-corrected chi connectivity index (χ1v) is 14.1. The summed E-state index contributed by atoms with van der Waals surface area (Å²) in [6.45, 7) is 4.12. The molecule has 4 fully saturated rings. The summed E-state index contributed by atoms with van der Waals surface area (Å²) in [5.41, 5.74) is 2.05. The van der Waals surface area contributed by atoms with E-state index in [0.29, 0.717) is 13.1 Å². The molecule has 1 aliphatic heterocycles. The molecule has 0 saturated heterocycles. The Balaban J connectivity index is 1.21. The van der Waals surface area contributed by atoms with Crippen LogP contribution in [0.15, 0.2) is 42.6 Å². The highest BCUT2D eigenvalue weighted by atomic mass is 16.5. The second-order valence-electron chi connectivity index (χ2n) is 11.9. The van der Waals surface area contributed by atoms with Gasteiger partial charge in [-0.2, -0.15) is 0 Å². The van der Waals surface area contributed by atoms with Crippen LogP contribution in [-0.2, 0) is 11.3 Å². The van der Waals surface area contributed by atoms with Crippen LogP contribution in [-0.4, -0.2) is 58.6 Å². The summed E-state index contributed by atoms with van der Waals surface area (Å²) in [6, 6.07) is 11.8. The molecule has 2 heterocycles. The molecular weight excluding hydrogens is 464 g/mol. The number of rotatable bonds is 7. The van der Waals surface area contributed by atoms with E-state index >= 15 is 0 Å². The van der Waals surface area contributed by atoms with Crippen LogP contribution in [0, 0.1) is 17.8 Å². The zero-order valence-corrected chi connectivity index (χ0v) is 22.2. The van der Waals surface area contributed by atoms with E-state index in [2.05, 4.69) is 35.1 Å². The fourth-order valence-corrected chi connectivity index (χ4v) is 8.16. The molecular formula is C30H40N4O3. The number of carbonyl (C=O) groups excluding carboxylic acids is 2. The highest BCUT2D eigenvalue weighted by molar-refractivity contribution is 5.85. The van der Waals surface area contributed by atoms with Gasteiger partial charge in [0.25, 0.3) is 0 Å². The maximum atomic E-state index is 13.9. The van der Waals surface area contributed by atoms with E-state index in [1.807, 2.05) is 29.2 Å². The average Bonchev–Trinajstić information content (AvgIpc) is 3.35. The number of benzene rings is 1. The Bertz CT molecular complexity index is 1120. The van der Waals surface area contributed by atoms with Crippen LogP contribution in [0.5, 0.6) is 5.75 Å². The molecule has 4 aliphatic carbocycles. The van der Waals surface area contributed by atoms with Crippen LogP contribution in [0.3, 0.4) is 0 Å². The van der Waals surface area contributed by atoms with Gasteiger partial charge in [-0.15, -0.1) is 0 Å². The van der Waals surface area contributed by atoms with Crippen molar-refractivity contribution in [1.82, 2.24) is 19.7 Å². The van der Waals surface area contributed by atoms with Crippen LogP contribution in [0.4, 0.5) is 4.79 Å². The summed E-state index contributed by atoms with van der Waals surface area (Å²) >= 11 is 0. The minimum absolute atomic E-state index is 0.00520. The summed E-state index contributed by atoms with van der Waals surface area (Å²) in [5.74, 6) is 3.06. The van der Waals surface area contributed by atoms with Gasteiger partial charge in [-0.25, -0.2) is 4.79 Å². The number of fused-ring (bicyclic) bond motifs is 1. The maximum absolute atomic E-state index is 13.9. The number of hydrogen-bond acceptors (Lipinski definition) is 3. The number of hydrogen-bond donors (Lipinski definition) is 1. The van der Waals surface area contributed by atoms with Crippen molar-refractivity contribution in [1.29, 1.82) is 0 Å². The topological polar surface area (TPSA) is 66.8 Å². The Hall–Kier alpha value is -2.96. The van der Waals surface area contributed by atoms with E-state index in [4.69, 9.17) is 4.74 Å². The van der Waals surface area contributed by atoms with Crippen LogP contribution >= 0.6 is 0 Å². The second-order valence-corrected chi connectivity index (χ2v) is 11.9. The van der Waals surface area contributed by atoms with Crippen LogP contribution in [0.2, 0.25) is 0 Å². The first-order chi connectivity index (χ1) is 18.0. The molecule has 4 saturated carbocycles. The maximum Gasteiger partial charge on any atom is 0.318 e. The molecule has 3 amide bonds. The fraction of sp³-hybridized carbons (Fsp3) is 0.600. The Morgan fingerprint density at radius 2 is 1.78 bits per heavy atom. The number of nitrogens with zero attached hydrogens (tertiary/aromatic N) is 3. The van der Waals surface area contributed by atoms with E-state index in [-0.39, 0.29) is 30.1 Å². The van der Waals surface area contributed by atoms with Crippen molar-refractivity contribution >= 4 is 11.9 Å². The van der Waals surface area contributed by atoms with Crippen LogP contribution in [0.1, 0.15) is 69.2 Å². The Morgan fingerprint density at radius 1 is 1.05 bits per heavy atom. The number of amides is 3. The lowest BCUT2D eigenvalue weighted by atomic mass is 9.53. The number of nitrogens with one attached hydrogen (secondary N) is 1. The number of aromatic nitrogens is 1. The molecule has 7 nitrogen and oxygen atoms in total. The summed E-state index contributed by atoms with van der Waals surface area (Å²) in [4.78, 5) is 31.2. The molecule has 1 aromatic heterocycles. The van der Waals surface area contributed by atoms with E-state index in [1.54, 1.807) is 12.0 Å². The first-order valence-electron chi connectivity index (χ1n) is 14.1. The molecule has 0 radical (unpaired) electrons. The SMILES string of the molecule is CCCN(CC(=O)N1CCn2cccc2[C@H]1c1cccc(OC)c1)C(=O)NC12CC3CC(CC(C3)C1)C2. The summed E-state index contributed by atoms with van der Waals surface area (Å²) in [6.07, 6.45) is 10.3. The van der Waals surface area contributed by atoms with Gasteiger partial charge < -0.3 is 24.4 Å². The van der Waals surface area contributed by atoms with Crippen molar-refractivity contribution in [3.8, 4) is 5.75 Å². The standard InChI is InChI=1S/C30H40N4O3/c1-3-9-33(29(36)31-30-17-21-13-22(18-30)15-23(14-21)19-30)20-27(35)34-12-11-32-10-5-8-26(32)28(34)24-6-4-7-25(16-24)37-2/h4-8,10,16,21-23,28H,3,9,11-15,17-20H2,1-2H3,(H,31,36)/t21?,22?,23?,28-,30?/m1/s1. The lowest BCUT2D eigenvalue weighted by Gasteiger charge is -2.57. The molecule has 7 rings (SSSR count). The summed E-state index contributed by atoms with van der Waals surface area (Å²) < 4.78 is 7.70. The van der Waals surface area contributed by atoms with Gasteiger partial charge >= 0.3 is 6.03 Å². The van der Waals surface area contributed by atoms with Crippen molar-refractivity contribution in [3.05, 3.63) is 53.9 Å². The molecule has 2 aromatic rings.